The Morgan fingerprint density at radius 3 is 2.21 bits per heavy atom. The molecule has 0 amide bonds. The minimum atomic E-state index is -0.610. The number of carbonyl (C=O) groups excluding carboxylic acids is 2. The summed E-state index contributed by atoms with van der Waals surface area (Å²) in [5, 5.41) is 0. The van der Waals surface area contributed by atoms with Crippen molar-refractivity contribution in [2.45, 2.75) is 40.2 Å². The van der Waals surface area contributed by atoms with Gasteiger partial charge in [-0.15, -0.1) is 0 Å². The van der Waals surface area contributed by atoms with E-state index in [4.69, 9.17) is 9.47 Å². The topological polar surface area (TPSA) is 52.6 Å². The van der Waals surface area contributed by atoms with E-state index in [1.54, 1.807) is 13.8 Å². The summed E-state index contributed by atoms with van der Waals surface area (Å²) >= 11 is 0. The molecule has 0 aromatic heterocycles. The first-order chi connectivity index (χ1) is 6.49. The molecule has 1 radical (unpaired) electrons. The Bertz CT molecular complexity index is 198. The number of hydrogen-bond donors (Lipinski definition) is 0. The fourth-order valence-electron chi connectivity index (χ4n) is 0.689. The highest BCUT2D eigenvalue weighted by Gasteiger charge is 2.26. The van der Waals surface area contributed by atoms with Crippen LogP contribution in [0.15, 0.2) is 0 Å². The van der Waals surface area contributed by atoms with Crippen molar-refractivity contribution in [2.75, 3.05) is 6.61 Å². The Morgan fingerprint density at radius 1 is 1.21 bits per heavy atom. The van der Waals surface area contributed by atoms with E-state index in [-0.39, 0.29) is 12.0 Å². The molecule has 0 aliphatic rings. The molecule has 4 nitrogen and oxygen atoms in total. The molecule has 0 fully saturated rings. The Labute approximate surface area is 84.6 Å². The average molecular weight is 201 g/mol. The summed E-state index contributed by atoms with van der Waals surface area (Å²) in [4.78, 5) is 22.4. The van der Waals surface area contributed by atoms with Crippen molar-refractivity contribution in [3.8, 4) is 0 Å². The molecule has 0 saturated carbocycles. The second-order valence-electron chi connectivity index (χ2n) is 3.21. The molecule has 4 heteroatoms. The minimum Gasteiger partial charge on any atom is -0.465 e. The van der Waals surface area contributed by atoms with Gasteiger partial charge in [0.25, 0.3) is 0 Å². The highest BCUT2D eigenvalue weighted by molar-refractivity contribution is 6.09. The first-order valence-corrected chi connectivity index (χ1v) is 4.70. The summed E-state index contributed by atoms with van der Waals surface area (Å²) in [6.07, 6.45) is 0.509. The van der Waals surface area contributed by atoms with Gasteiger partial charge in [0.05, 0.1) is 12.7 Å². The van der Waals surface area contributed by atoms with Gasteiger partial charge in [-0.2, -0.15) is 0 Å². The van der Waals surface area contributed by atoms with Crippen LogP contribution in [0.1, 0.15) is 34.1 Å². The molecular formula is C10H17O4. The maximum absolute atomic E-state index is 11.2. The smallest absolute Gasteiger partial charge is 0.325 e. The number of ether oxygens (including phenoxy) is 2. The van der Waals surface area contributed by atoms with E-state index < -0.39 is 11.9 Å². The van der Waals surface area contributed by atoms with Gasteiger partial charge in [-0.25, -0.2) is 0 Å². The van der Waals surface area contributed by atoms with Gasteiger partial charge in [-0.05, 0) is 27.2 Å². The van der Waals surface area contributed by atoms with Gasteiger partial charge in [-0.3, -0.25) is 9.59 Å². The van der Waals surface area contributed by atoms with Crippen LogP contribution in [-0.2, 0) is 19.1 Å². The van der Waals surface area contributed by atoms with Gasteiger partial charge in [0.1, 0.15) is 0 Å². The first kappa shape index (κ1) is 12.9. The Morgan fingerprint density at radius 2 is 1.79 bits per heavy atom. The lowest BCUT2D eigenvalue weighted by Crippen LogP contribution is -2.25. The van der Waals surface area contributed by atoms with Crippen LogP contribution in [0, 0.1) is 5.92 Å². The Balaban J connectivity index is 3.97. The Hall–Kier alpha value is -1.06. The second kappa shape index (κ2) is 6.40. The predicted octanol–water partition coefficient (Wildman–Crippen LogP) is 1.49. The largest absolute Gasteiger partial charge is 0.465 e. The van der Waals surface area contributed by atoms with Crippen molar-refractivity contribution in [1.82, 2.24) is 0 Å². The lowest BCUT2D eigenvalue weighted by molar-refractivity contribution is -0.153. The highest BCUT2D eigenvalue weighted by Crippen LogP contribution is 2.06. The average Bonchev–Trinajstić information content (AvgIpc) is 2.11. The summed E-state index contributed by atoms with van der Waals surface area (Å²) in [6.45, 7) is 7.06. The fraction of sp³-hybridized carbons (Fsp3) is 0.700. The van der Waals surface area contributed by atoms with E-state index >= 15 is 0 Å². The van der Waals surface area contributed by atoms with Gasteiger partial charge in [0, 0.05) is 0 Å². The maximum Gasteiger partial charge on any atom is 0.325 e. The maximum atomic E-state index is 11.2. The molecule has 0 heterocycles. The van der Waals surface area contributed by atoms with Crippen LogP contribution in [0.2, 0.25) is 0 Å². The van der Waals surface area contributed by atoms with Crippen LogP contribution >= 0.6 is 0 Å². The van der Waals surface area contributed by atoms with E-state index in [1.807, 2.05) is 6.92 Å². The third-order valence-electron chi connectivity index (χ3n) is 1.39. The molecule has 0 bridgehead atoms. The van der Waals surface area contributed by atoms with Crippen molar-refractivity contribution in [3.05, 3.63) is 5.92 Å². The quantitative estimate of drug-likeness (QED) is 0.499. The summed E-state index contributed by atoms with van der Waals surface area (Å²) in [7, 11) is 0. The van der Waals surface area contributed by atoms with Crippen LogP contribution < -0.4 is 0 Å². The van der Waals surface area contributed by atoms with E-state index in [1.165, 1.54) is 6.92 Å². The molecule has 0 aromatic rings. The van der Waals surface area contributed by atoms with Crippen molar-refractivity contribution >= 4 is 11.9 Å². The van der Waals surface area contributed by atoms with Crippen LogP contribution in [0.5, 0.6) is 0 Å². The summed E-state index contributed by atoms with van der Waals surface area (Å²) < 4.78 is 9.62. The Kier molecular flexibility index (Phi) is 5.92. The number of carbonyl (C=O) groups is 2. The van der Waals surface area contributed by atoms with Gasteiger partial charge < -0.3 is 9.47 Å². The second-order valence-corrected chi connectivity index (χ2v) is 3.21. The molecule has 0 rings (SSSR count). The van der Waals surface area contributed by atoms with E-state index in [0.29, 0.717) is 6.61 Å². The molecule has 0 saturated heterocycles. The number of esters is 2. The standard InChI is InChI=1S/C10H17O4/c1-5-6-13-9(11)8(4)10(12)14-7(2)3/h7H,5-6H2,1-4H3. The molecule has 0 N–H and O–H groups in total. The molecule has 0 unspecified atom stereocenters. The van der Waals surface area contributed by atoms with Crippen molar-refractivity contribution in [1.29, 1.82) is 0 Å². The van der Waals surface area contributed by atoms with E-state index in [0.717, 1.165) is 6.42 Å². The first-order valence-electron chi connectivity index (χ1n) is 4.70. The molecule has 0 atom stereocenters. The molecule has 0 spiro atoms. The normalized spacial score (nSPS) is 10.4. The minimum absolute atomic E-state index is 0.00727. The SMILES string of the molecule is CCCOC(=O)[C](C)C(=O)OC(C)C. The monoisotopic (exact) mass is 201 g/mol. The zero-order chi connectivity index (χ0) is 11.1. The fourth-order valence-corrected chi connectivity index (χ4v) is 0.689. The van der Waals surface area contributed by atoms with E-state index in [2.05, 4.69) is 0 Å². The summed E-state index contributed by atoms with van der Waals surface area (Å²) in [5.74, 6) is -1.22. The van der Waals surface area contributed by atoms with Gasteiger partial charge in [0.2, 0.25) is 0 Å². The molecule has 0 aliphatic carbocycles. The van der Waals surface area contributed by atoms with Gasteiger partial charge >= 0.3 is 11.9 Å². The van der Waals surface area contributed by atoms with Crippen LogP contribution in [0.25, 0.3) is 0 Å². The van der Waals surface area contributed by atoms with Crippen LogP contribution in [-0.4, -0.2) is 24.6 Å². The molecule has 0 aromatic carbocycles. The van der Waals surface area contributed by atoms with Gasteiger partial charge in [0.15, 0.2) is 5.92 Å². The zero-order valence-electron chi connectivity index (χ0n) is 9.12. The van der Waals surface area contributed by atoms with Crippen molar-refractivity contribution in [2.24, 2.45) is 0 Å². The number of rotatable bonds is 5. The number of hydrogen-bond acceptors (Lipinski definition) is 4. The third kappa shape index (κ3) is 4.84. The van der Waals surface area contributed by atoms with Crippen molar-refractivity contribution < 1.29 is 19.1 Å². The third-order valence-corrected chi connectivity index (χ3v) is 1.39. The van der Waals surface area contributed by atoms with Crippen LogP contribution in [0.3, 0.4) is 0 Å². The highest BCUT2D eigenvalue weighted by atomic mass is 16.6. The molecule has 81 valence electrons. The van der Waals surface area contributed by atoms with Crippen molar-refractivity contribution in [3.63, 3.8) is 0 Å². The lowest BCUT2D eigenvalue weighted by atomic mass is 10.2. The van der Waals surface area contributed by atoms with E-state index in [9.17, 15) is 9.59 Å². The molecular weight excluding hydrogens is 184 g/mol. The summed E-state index contributed by atoms with van der Waals surface area (Å²) in [5.41, 5.74) is 0. The summed E-state index contributed by atoms with van der Waals surface area (Å²) in [6, 6.07) is 0. The predicted molar refractivity (Wildman–Crippen MR) is 51.4 cm³/mol. The zero-order valence-corrected chi connectivity index (χ0v) is 9.12. The molecule has 14 heavy (non-hydrogen) atoms. The lowest BCUT2D eigenvalue weighted by Gasteiger charge is -2.12. The van der Waals surface area contributed by atoms with Gasteiger partial charge in [-0.1, -0.05) is 6.92 Å². The molecule has 0 aliphatic heterocycles. The van der Waals surface area contributed by atoms with Crippen LogP contribution in [0.4, 0.5) is 0 Å².